The van der Waals surface area contributed by atoms with Crippen LogP contribution in [-0.4, -0.2) is 42.0 Å². The van der Waals surface area contributed by atoms with Crippen LogP contribution in [0.25, 0.3) is 0 Å². The highest BCUT2D eigenvalue weighted by Gasteiger charge is 2.35. The van der Waals surface area contributed by atoms with Crippen molar-refractivity contribution in [2.24, 2.45) is 0 Å². The molecule has 0 aliphatic heterocycles. The first-order valence-corrected chi connectivity index (χ1v) is 6.66. The van der Waals surface area contributed by atoms with Crippen molar-refractivity contribution in [1.29, 1.82) is 0 Å². The summed E-state index contributed by atoms with van der Waals surface area (Å²) < 4.78 is 4.98. The molecular weight excluding hydrogens is 284 g/mol. The molecule has 0 saturated heterocycles. The van der Waals surface area contributed by atoms with Crippen molar-refractivity contribution in [1.82, 2.24) is 4.90 Å². The quantitative estimate of drug-likeness (QED) is 0.597. The van der Waals surface area contributed by atoms with Gasteiger partial charge in [-0.1, -0.05) is 11.6 Å². The average molecular weight is 299 g/mol. The van der Waals surface area contributed by atoms with E-state index in [1.165, 1.54) is 18.2 Å². The zero-order valence-corrected chi connectivity index (χ0v) is 11.8. The van der Waals surface area contributed by atoms with Gasteiger partial charge in [-0.3, -0.25) is 14.9 Å². The molecule has 0 unspecified atom stereocenters. The Kier molecular flexibility index (Phi) is 4.57. The number of nitro groups is 1. The number of hydrogen-bond donors (Lipinski definition) is 0. The van der Waals surface area contributed by atoms with Crippen LogP contribution in [0.3, 0.4) is 0 Å². The molecule has 1 aliphatic rings. The van der Waals surface area contributed by atoms with Crippen molar-refractivity contribution in [3.8, 4) is 0 Å². The molecule has 1 fully saturated rings. The number of carbonyl (C=O) groups is 1. The highest BCUT2D eigenvalue weighted by atomic mass is 35.5. The predicted octanol–water partition coefficient (Wildman–Crippen LogP) is 2.50. The lowest BCUT2D eigenvalue weighted by molar-refractivity contribution is -0.385. The zero-order chi connectivity index (χ0) is 14.7. The highest BCUT2D eigenvalue weighted by Crippen LogP contribution is 2.31. The molecule has 0 heterocycles. The maximum atomic E-state index is 12.5. The van der Waals surface area contributed by atoms with E-state index in [0.29, 0.717) is 18.2 Å². The second-order valence-corrected chi connectivity index (χ2v) is 5.08. The third-order valence-electron chi connectivity index (χ3n) is 3.17. The van der Waals surface area contributed by atoms with Gasteiger partial charge >= 0.3 is 0 Å². The van der Waals surface area contributed by atoms with Gasteiger partial charge in [0, 0.05) is 30.8 Å². The van der Waals surface area contributed by atoms with E-state index in [9.17, 15) is 14.9 Å². The van der Waals surface area contributed by atoms with Crippen molar-refractivity contribution in [3.63, 3.8) is 0 Å². The normalized spacial score (nSPS) is 14.1. The lowest BCUT2D eigenvalue weighted by atomic mass is 10.1. The SMILES string of the molecule is COCCN(C(=O)c1cc(Cl)ccc1[N+](=O)[O-])C1CC1. The Morgan fingerprint density at radius 2 is 2.25 bits per heavy atom. The first-order chi connectivity index (χ1) is 9.54. The lowest BCUT2D eigenvalue weighted by Gasteiger charge is -2.22. The number of nitrogens with zero attached hydrogens (tertiary/aromatic N) is 2. The molecule has 0 aromatic heterocycles. The Balaban J connectivity index is 2.30. The Hall–Kier alpha value is -1.66. The molecule has 1 aliphatic carbocycles. The van der Waals surface area contributed by atoms with Crippen LogP contribution in [0.5, 0.6) is 0 Å². The van der Waals surface area contributed by atoms with Gasteiger partial charge in [0.2, 0.25) is 0 Å². The van der Waals surface area contributed by atoms with Crippen LogP contribution in [0, 0.1) is 10.1 Å². The standard InChI is InChI=1S/C13H15ClN2O4/c1-20-7-6-15(10-3-4-10)13(17)11-8-9(14)2-5-12(11)16(18)19/h2,5,8,10H,3-4,6-7H2,1H3. The molecule has 7 heteroatoms. The minimum absolute atomic E-state index is 0.0329. The fourth-order valence-electron chi connectivity index (χ4n) is 2.02. The Morgan fingerprint density at radius 3 is 2.80 bits per heavy atom. The first kappa shape index (κ1) is 14.7. The summed E-state index contributed by atoms with van der Waals surface area (Å²) in [4.78, 5) is 24.6. The van der Waals surface area contributed by atoms with E-state index in [1.807, 2.05) is 0 Å². The maximum absolute atomic E-state index is 12.5. The summed E-state index contributed by atoms with van der Waals surface area (Å²) in [5.41, 5.74) is -0.187. The van der Waals surface area contributed by atoms with E-state index in [2.05, 4.69) is 0 Å². The van der Waals surface area contributed by atoms with Crippen molar-refractivity contribution < 1.29 is 14.5 Å². The summed E-state index contributed by atoms with van der Waals surface area (Å²) in [6, 6.07) is 4.17. The van der Waals surface area contributed by atoms with Crippen LogP contribution in [0.1, 0.15) is 23.2 Å². The number of hydrogen-bond acceptors (Lipinski definition) is 4. The molecule has 0 bridgehead atoms. The monoisotopic (exact) mass is 298 g/mol. The van der Waals surface area contributed by atoms with Gasteiger partial charge in [-0.25, -0.2) is 0 Å². The van der Waals surface area contributed by atoms with Gasteiger partial charge in [-0.2, -0.15) is 0 Å². The molecule has 0 spiro atoms. The third kappa shape index (κ3) is 3.26. The van der Waals surface area contributed by atoms with Crippen LogP contribution in [0.2, 0.25) is 5.02 Å². The van der Waals surface area contributed by atoms with E-state index in [4.69, 9.17) is 16.3 Å². The minimum Gasteiger partial charge on any atom is -0.383 e. The van der Waals surface area contributed by atoms with E-state index in [0.717, 1.165) is 12.8 Å². The van der Waals surface area contributed by atoms with Crippen molar-refractivity contribution in [2.45, 2.75) is 18.9 Å². The fraction of sp³-hybridized carbons (Fsp3) is 0.462. The Morgan fingerprint density at radius 1 is 1.55 bits per heavy atom. The molecule has 0 atom stereocenters. The molecule has 0 radical (unpaired) electrons. The van der Waals surface area contributed by atoms with Crippen LogP contribution in [0.4, 0.5) is 5.69 Å². The van der Waals surface area contributed by atoms with Crippen LogP contribution in [0.15, 0.2) is 18.2 Å². The zero-order valence-electron chi connectivity index (χ0n) is 11.0. The molecule has 1 aromatic carbocycles. The van der Waals surface area contributed by atoms with Gasteiger partial charge in [-0.05, 0) is 25.0 Å². The minimum atomic E-state index is -0.565. The van der Waals surface area contributed by atoms with Gasteiger partial charge in [0.15, 0.2) is 0 Å². The number of halogens is 1. The van der Waals surface area contributed by atoms with E-state index in [-0.39, 0.29) is 23.2 Å². The topological polar surface area (TPSA) is 72.7 Å². The second kappa shape index (κ2) is 6.19. The maximum Gasteiger partial charge on any atom is 0.282 e. The summed E-state index contributed by atoms with van der Waals surface area (Å²) in [7, 11) is 1.55. The first-order valence-electron chi connectivity index (χ1n) is 6.28. The summed E-state index contributed by atoms with van der Waals surface area (Å²) in [5, 5.41) is 11.3. The molecule has 20 heavy (non-hydrogen) atoms. The van der Waals surface area contributed by atoms with Gasteiger partial charge in [0.05, 0.1) is 11.5 Å². The van der Waals surface area contributed by atoms with Gasteiger partial charge < -0.3 is 9.64 Å². The van der Waals surface area contributed by atoms with Crippen LogP contribution < -0.4 is 0 Å². The summed E-state index contributed by atoms with van der Waals surface area (Å²) >= 11 is 5.85. The molecule has 1 saturated carbocycles. The number of nitro benzene ring substituents is 1. The van der Waals surface area contributed by atoms with Crippen molar-refractivity contribution in [2.75, 3.05) is 20.3 Å². The number of carbonyl (C=O) groups excluding carboxylic acids is 1. The second-order valence-electron chi connectivity index (χ2n) is 4.64. The summed E-state index contributed by atoms with van der Waals surface area (Å²) in [6.45, 7) is 0.820. The predicted molar refractivity (Wildman–Crippen MR) is 74.0 cm³/mol. The van der Waals surface area contributed by atoms with Crippen molar-refractivity contribution >= 4 is 23.2 Å². The third-order valence-corrected chi connectivity index (χ3v) is 3.41. The summed E-state index contributed by atoms with van der Waals surface area (Å²) in [5.74, 6) is -0.362. The molecule has 1 amide bonds. The van der Waals surface area contributed by atoms with Crippen LogP contribution >= 0.6 is 11.6 Å². The number of ether oxygens (including phenoxy) is 1. The molecule has 108 valence electrons. The molecule has 1 aromatic rings. The molecule has 0 N–H and O–H groups in total. The molecule has 2 rings (SSSR count). The smallest absolute Gasteiger partial charge is 0.282 e. The fourth-order valence-corrected chi connectivity index (χ4v) is 2.19. The van der Waals surface area contributed by atoms with E-state index in [1.54, 1.807) is 12.0 Å². The van der Waals surface area contributed by atoms with Crippen LogP contribution in [-0.2, 0) is 4.74 Å². The van der Waals surface area contributed by atoms with Crippen molar-refractivity contribution in [3.05, 3.63) is 38.9 Å². The molecule has 6 nitrogen and oxygen atoms in total. The summed E-state index contributed by atoms with van der Waals surface area (Å²) in [6.07, 6.45) is 1.84. The number of methoxy groups -OCH3 is 1. The lowest BCUT2D eigenvalue weighted by Crippen LogP contribution is -2.36. The highest BCUT2D eigenvalue weighted by molar-refractivity contribution is 6.31. The van der Waals surface area contributed by atoms with E-state index < -0.39 is 4.92 Å². The van der Waals surface area contributed by atoms with E-state index >= 15 is 0 Å². The Labute approximate surface area is 121 Å². The largest absolute Gasteiger partial charge is 0.383 e. The van der Waals surface area contributed by atoms with Gasteiger partial charge in [0.25, 0.3) is 11.6 Å². The average Bonchev–Trinajstić information content (AvgIpc) is 3.23. The van der Waals surface area contributed by atoms with Gasteiger partial charge in [-0.15, -0.1) is 0 Å². The molecular formula is C13H15ClN2O4. The number of benzene rings is 1. The number of rotatable bonds is 6. The number of amides is 1. The Bertz CT molecular complexity index is 531. The van der Waals surface area contributed by atoms with Gasteiger partial charge in [0.1, 0.15) is 5.56 Å².